The van der Waals surface area contributed by atoms with Crippen molar-refractivity contribution in [2.45, 2.75) is 13.5 Å². The van der Waals surface area contributed by atoms with Crippen molar-refractivity contribution in [3.8, 4) is 0 Å². The number of fused-ring (bicyclic) bond motifs is 1. The van der Waals surface area contributed by atoms with Gasteiger partial charge in [-0.2, -0.15) is 5.10 Å². The minimum atomic E-state index is -1.23. The molecule has 0 saturated carbocycles. The van der Waals surface area contributed by atoms with Gasteiger partial charge in [0, 0.05) is 26.8 Å². The lowest BCUT2D eigenvalue weighted by Crippen LogP contribution is -2.19. The van der Waals surface area contributed by atoms with Gasteiger partial charge in [0.2, 0.25) is 5.43 Å². The Bertz CT molecular complexity index is 778. The van der Waals surface area contributed by atoms with Gasteiger partial charge in [-0.15, -0.1) is 0 Å². The van der Waals surface area contributed by atoms with Gasteiger partial charge in [0.15, 0.2) is 0 Å². The van der Waals surface area contributed by atoms with Gasteiger partial charge < -0.3 is 14.7 Å². The molecule has 2 aromatic rings. The highest BCUT2D eigenvalue weighted by Crippen LogP contribution is 2.10. The second-order valence-corrected chi connectivity index (χ2v) is 4.66. The third-order valence-electron chi connectivity index (χ3n) is 2.93. The quantitative estimate of drug-likeness (QED) is 0.670. The number of aryl methyl sites for hydroxylation is 1. The van der Waals surface area contributed by atoms with Crippen molar-refractivity contribution in [2.75, 3.05) is 14.1 Å². The maximum Gasteiger partial charge on any atom is 0.341 e. The Hall–Kier alpha value is -2.70. The molecular weight excluding hydrogens is 272 g/mol. The number of hydrogen-bond acceptors (Lipinski definition) is 5. The molecule has 0 spiro atoms. The Balaban J connectivity index is 2.70. The summed E-state index contributed by atoms with van der Waals surface area (Å²) in [5.74, 6) is -1.23. The molecule has 0 fully saturated rings. The van der Waals surface area contributed by atoms with Crippen LogP contribution in [0, 0.1) is 0 Å². The second-order valence-electron chi connectivity index (χ2n) is 4.66. The summed E-state index contributed by atoms with van der Waals surface area (Å²) in [4.78, 5) is 27.6. The molecule has 0 radical (unpaired) electrons. The third kappa shape index (κ3) is 2.91. The molecule has 0 aliphatic carbocycles. The Morgan fingerprint density at radius 3 is 2.76 bits per heavy atom. The van der Waals surface area contributed by atoms with Crippen LogP contribution in [0.5, 0.6) is 0 Å². The summed E-state index contributed by atoms with van der Waals surface area (Å²) in [6.07, 6.45) is 2.90. The van der Waals surface area contributed by atoms with Crippen LogP contribution in [0.15, 0.2) is 28.2 Å². The highest BCUT2D eigenvalue weighted by atomic mass is 16.4. The van der Waals surface area contributed by atoms with E-state index < -0.39 is 11.4 Å². The van der Waals surface area contributed by atoms with E-state index in [0.29, 0.717) is 23.3 Å². The zero-order chi connectivity index (χ0) is 15.6. The number of nitrogens with zero attached hydrogens (tertiary/aromatic N) is 4. The summed E-state index contributed by atoms with van der Waals surface area (Å²) < 4.78 is 1.65. The fourth-order valence-corrected chi connectivity index (χ4v) is 1.92. The molecule has 7 heteroatoms. The van der Waals surface area contributed by atoms with Crippen molar-refractivity contribution in [1.29, 1.82) is 0 Å². The summed E-state index contributed by atoms with van der Waals surface area (Å²) in [5.41, 5.74) is 0.280. The maximum atomic E-state index is 12.1. The number of carbonyl (C=O) groups is 1. The number of carboxylic acid groups (broad SMARTS) is 1. The summed E-state index contributed by atoms with van der Waals surface area (Å²) in [6, 6.07) is 3.22. The number of rotatable bonds is 4. The van der Waals surface area contributed by atoms with Gasteiger partial charge >= 0.3 is 5.97 Å². The van der Waals surface area contributed by atoms with E-state index >= 15 is 0 Å². The predicted molar refractivity (Wildman–Crippen MR) is 79.9 cm³/mol. The Labute approximate surface area is 121 Å². The first kappa shape index (κ1) is 14.7. The molecule has 0 amide bonds. The standard InChI is InChI=1S/C14H16N4O3/c1-4-18-8-11(14(20)21)12(19)10-6-5-9(16-13(10)18)7-15-17(2)3/h5-8H,4H2,1-3H3,(H,20,21)/b15-7+. The molecule has 110 valence electrons. The van der Waals surface area contributed by atoms with Crippen LogP contribution in [0.1, 0.15) is 23.0 Å². The van der Waals surface area contributed by atoms with E-state index in [-0.39, 0.29) is 5.56 Å². The van der Waals surface area contributed by atoms with Gasteiger partial charge in [0.1, 0.15) is 11.2 Å². The molecule has 0 aromatic carbocycles. The van der Waals surface area contributed by atoms with Crippen molar-refractivity contribution < 1.29 is 9.90 Å². The number of pyridine rings is 2. The van der Waals surface area contributed by atoms with Gasteiger partial charge in [-0.25, -0.2) is 9.78 Å². The van der Waals surface area contributed by atoms with E-state index in [9.17, 15) is 9.59 Å². The molecule has 2 heterocycles. The van der Waals surface area contributed by atoms with Crippen molar-refractivity contribution >= 4 is 23.2 Å². The molecule has 7 nitrogen and oxygen atoms in total. The van der Waals surface area contributed by atoms with Crippen LogP contribution in [0.3, 0.4) is 0 Å². The van der Waals surface area contributed by atoms with Crippen LogP contribution >= 0.6 is 0 Å². The maximum absolute atomic E-state index is 12.1. The fourth-order valence-electron chi connectivity index (χ4n) is 1.92. The molecule has 0 bridgehead atoms. The molecule has 21 heavy (non-hydrogen) atoms. The molecule has 2 aromatic heterocycles. The average molecular weight is 288 g/mol. The number of aromatic carboxylic acids is 1. The number of aromatic nitrogens is 2. The molecule has 0 unspecified atom stereocenters. The van der Waals surface area contributed by atoms with Crippen molar-refractivity contribution in [2.24, 2.45) is 5.10 Å². The number of hydrazone groups is 1. The van der Waals surface area contributed by atoms with Crippen molar-refractivity contribution in [3.05, 3.63) is 39.8 Å². The minimum absolute atomic E-state index is 0.249. The van der Waals surface area contributed by atoms with Crippen LogP contribution in [0.25, 0.3) is 11.0 Å². The summed E-state index contributed by atoms with van der Waals surface area (Å²) in [6.45, 7) is 2.37. The highest BCUT2D eigenvalue weighted by Gasteiger charge is 2.14. The van der Waals surface area contributed by atoms with Crippen LogP contribution in [0.2, 0.25) is 0 Å². The lowest BCUT2D eigenvalue weighted by atomic mass is 10.2. The van der Waals surface area contributed by atoms with Crippen LogP contribution in [-0.4, -0.2) is 45.9 Å². The van der Waals surface area contributed by atoms with Crippen LogP contribution in [-0.2, 0) is 6.54 Å². The van der Waals surface area contributed by atoms with Gasteiger partial charge in [-0.3, -0.25) is 4.79 Å². The molecule has 0 aliphatic rings. The van der Waals surface area contributed by atoms with Gasteiger partial charge in [-0.1, -0.05) is 0 Å². The number of hydrogen-bond donors (Lipinski definition) is 1. The van der Waals surface area contributed by atoms with Crippen molar-refractivity contribution in [1.82, 2.24) is 14.6 Å². The molecule has 0 aliphatic heterocycles. The Kier molecular flexibility index (Phi) is 4.02. The average Bonchev–Trinajstić information content (AvgIpc) is 2.45. The second kappa shape index (κ2) is 5.74. The third-order valence-corrected chi connectivity index (χ3v) is 2.93. The summed E-state index contributed by atoms with van der Waals surface area (Å²) in [7, 11) is 3.58. The van der Waals surface area contributed by atoms with Gasteiger partial charge in [0.05, 0.1) is 17.3 Å². The first-order valence-electron chi connectivity index (χ1n) is 6.42. The molecule has 1 N–H and O–H groups in total. The first-order valence-corrected chi connectivity index (χ1v) is 6.42. The zero-order valence-electron chi connectivity index (χ0n) is 12.1. The topological polar surface area (TPSA) is 87.8 Å². The van der Waals surface area contributed by atoms with E-state index in [0.717, 1.165) is 0 Å². The SMILES string of the molecule is CCn1cc(C(=O)O)c(=O)c2ccc(/C=N/N(C)C)nc21. The summed E-state index contributed by atoms with van der Waals surface area (Å²) >= 11 is 0. The molecule has 0 atom stereocenters. The molecule has 2 rings (SSSR count). The van der Waals surface area contributed by atoms with Gasteiger partial charge in [0.25, 0.3) is 0 Å². The molecule has 0 saturated heterocycles. The van der Waals surface area contributed by atoms with E-state index in [1.807, 2.05) is 6.92 Å². The largest absolute Gasteiger partial charge is 0.477 e. The monoisotopic (exact) mass is 288 g/mol. The van der Waals surface area contributed by atoms with E-state index in [4.69, 9.17) is 5.11 Å². The Morgan fingerprint density at radius 1 is 1.48 bits per heavy atom. The molecular formula is C14H16N4O3. The predicted octanol–water partition coefficient (Wildman–Crippen LogP) is 1.01. The summed E-state index contributed by atoms with van der Waals surface area (Å²) in [5, 5.41) is 15.1. The van der Waals surface area contributed by atoms with E-state index in [1.54, 1.807) is 42.0 Å². The zero-order valence-corrected chi connectivity index (χ0v) is 12.1. The lowest BCUT2D eigenvalue weighted by Gasteiger charge is -2.09. The minimum Gasteiger partial charge on any atom is -0.477 e. The normalized spacial score (nSPS) is 11.2. The van der Waals surface area contributed by atoms with Crippen molar-refractivity contribution in [3.63, 3.8) is 0 Å². The fraction of sp³-hybridized carbons (Fsp3) is 0.286. The Morgan fingerprint density at radius 2 is 2.19 bits per heavy atom. The number of carboxylic acids is 1. The van der Waals surface area contributed by atoms with Crippen LogP contribution in [0.4, 0.5) is 0 Å². The lowest BCUT2D eigenvalue weighted by molar-refractivity contribution is 0.0695. The van der Waals surface area contributed by atoms with E-state index in [1.165, 1.54) is 6.20 Å². The first-order chi connectivity index (χ1) is 9.93. The smallest absolute Gasteiger partial charge is 0.341 e. The van der Waals surface area contributed by atoms with Crippen LogP contribution < -0.4 is 5.43 Å². The van der Waals surface area contributed by atoms with Gasteiger partial charge in [-0.05, 0) is 19.1 Å². The highest BCUT2D eigenvalue weighted by molar-refractivity contribution is 5.92. The van der Waals surface area contributed by atoms with E-state index in [2.05, 4.69) is 10.1 Å².